The molecule has 144 valence electrons. The molecule has 0 spiro atoms. The first-order chi connectivity index (χ1) is 12.5. The van der Waals surface area contributed by atoms with Crippen LogP contribution < -0.4 is 4.74 Å². The summed E-state index contributed by atoms with van der Waals surface area (Å²) in [5.41, 5.74) is 1.13. The van der Waals surface area contributed by atoms with Crippen molar-refractivity contribution in [3.63, 3.8) is 0 Å². The average Bonchev–Trinajstić information content (AvgIpc) is 2.64. The molecule has 1 saturated heterocycles. The molecule has 26 heavy (non-hydrogen) atoms. The Hall–Kier alpha value is -2.08. The SMILES string of the molecule is CCOC(=O)C1CCCN(C(=O)CN(C)Cc2ccc(OCC)cc2)C1. The summed E-state index contributed by atoms with van der Waals surface area (Å²) in [7, 11) is 1.93. The van der Waals surface area contributed by atoms with Crippen molar-refractivity contribution < 1.29 is 19.1 Å². The maximum atomic E-state index is 12.6. The molecule has 0 aromatic heterocycles. The number of piperidine rings is 1. The van der Waals surface area contributed by atoms with Gasteiger partial charge in [-0.1, -0.05) is 12.1 Å². The summed E-state index contributed by atoms with van der Waals surface area (Å²) in [4.78, 5) is 28.3. The monoisotopic (exact) mass is 362 g/mol. The molecule has 6 nitrogen and oxygen atoms in total. The maximum Gasteiger partial charge on any atom is 0.310 e. The van der Waals surface area contributed by atoms with E-state index in [1.54, 1.807) is 11.8 Å². The molecule has 0 N–H and O–H groups in total. The second-order valence-electron chi connectivity index (χ2n) is 6.68. The van der Waals surface area contributed by atoms with Gasteiger partial charge in [0.15, 0.2) is 0 Å². The molecule has 2 rings (SSSR count). The number of likely N-dealkylation sites (tertiary alicyclic amines) is 1. The molecule has 1 aromatic carbocycles. The Balaban J connectivity index is 1.83. The summed E-state index contributed by atoms with van der Waals surface area (Å²) in [6, 6.07) is 7.93. The largest absolute Gasteiger partial charge is 0.494 e. The Morgan fingerprint density at radius 1 is 1.19 bits per heavy atom. The number of esters is 1. The molecular formula is C20H30N2O4. The third-order valence-electron chi connectivity index (χ3n) is 4.49. The molecule has 0 radical (unpaired) electrons. The molecule has 1 aliphatic heterocycles. The van der Waals surface area contributed by atoms with E-state index in [1.165, 1.54) is 0 Å². The van der Waals surface area contributed by atoms with E-state index < -0.39 is 0 Å². The van der Waals surface area contributed by atoms with Crippen molar-refractivity contribution in [3.05, 3.63) is 29.8 Å². The molecule has 1 atom stereocenters. The third-order valence-corrected chi connectivity index (χ3v) is 4.49. The van der Waals surface area contributed by atoms with Crippen molar-refractivity contribution in [2.24, 2.45) is 5.92 Å². The number of nitrogens with zero attached hydrogens (tertiary/aromatic N) is 2. The minimum absolute atomic E-state index is 0.0624. The van der Waals surface area contributed by atoms with Crippen LogP contribution in [0.1, 0.15) is 32.3 Å². The number of ether oxygens (including phenoxy) is 2. The van der Waals surface area contributed by atoms with Crippen LogP contribution in [-0.4, -0.2) is 61.6 Å². The number of rotatable bonds is 8. The van der Waals surface area contributed by atoms with Gasteiger partial charge in [-0.3, -0.25) is 14.5 Å². The van der Waals surface area contributed by atoms with Gasteiger partial charge in [0.25, 0.3) is 0 Å². The smallest absolute Gasteiger partial charge is 0.310 e. The van der Waals surface area contributed by atoms with E-state index in [-0.39, 0.29) is 17.8 Å². The standard InChI is InChI=1S/C20H30N2O4/c1-4-25-18-10-8-16(9-11-18)13-21(3)15-19(23)22-12-6-7-17(14-22)20(24)26-5-2/h8-11,17H,4-7,12-15H2,1-3H3. The molecule has 6 heteroatoms. The van der Waals surface area contributed by atoms with Crippen LogP contribution in [0.15, 0.2) is 24.3 Å². The van der Waals surface area contributed by atoms with Crippen molar-refractivity contribution in [2.75, 3.05) is 39.9 Å². The van der Waals surface area contributed by atoms with Crippen LogP contribution in [0.5, 0.6) is 5.75 Å². The van der Waals surface area contributed by atoms with E-state index in [0.717, 1.165) is 24.2 Å². The van der Waals surface area contributed by atoms with Crippen LogP contribution in [0.3, 0.4) is 0 Å². The average molecular weight is 362 g/mol. The van der Waals surface area contributed by atoms with Gasteiger partial charge in [0, 0.05) is 19.6 Å². The third kappa shape index (κ3) is 6.02. The van der Waals surface area contributed by atoms with Gasteiger partial charge < -0.3 is 14.4 Å². The van der Waals surface area contributed by atoms with Crippen LogP contribution in [0.2, 0.25) is 0 Å². The number of carbonyl (C=O) groups excluding carboxylic acids is 2. The fraction of sp³-hybridized carbons (Fsp3) is 0.600. The quantitative estimate of drug-likeness (QED) is 0.664. The molecule has 1 fully saturated rings. The highest BCUT2D eigenvalue weighted by Gasteiger charge is 2.29. The highest BCUT2D eigenvalue weighted by molar-refractivity contribution is 5.80. The van der Waals surface area contributed by atoms with Crippen LogP contribution in [0.25, 0.3) is 0 Å². The molecular weight excluding hydrogens is 332 g/mol. The van der Waals surface area contributed by atoms with Gasteiger partial charge >= 0.3 is 5.97 Å². The van der Waals surface area contributed by atoms with Crippen molar-refractivity contribution in [2.45, 2.75) is 33.2 Å². The summed E-state index contributed by atoms with van der Waals surface area (Å²) in [6.45, 7) is 7.00. The van der Waals surface area contributed by atoms with Gasteiger partial charge in [-0.2, -0.15) is 0 Å². The fourth-order valence-electron chi connectivity index (χ4n) is 3.21. The van der Waals surface area contributed by atoms with Gasteiger partial charge in [0.05, 0.1) is 25.7 Å². The van der Waals surface area contributed by atoms with Crippen LogP contribution in [-0.2, 0) is 20.9 Å². The molecule has 1 aliphatic rings. The van der Waals surface area contributed by atoms with Gasteiger partial charge in [-0.05, 0) is 51.4 Å². The topological polar surface area (TPSA) is 59.1 Å². The molecule has 1 aromatic rings. The van der Waals surface area contributed by atoms with E-state index in [1.807, 2.05) is 43.1 Å². The number of hydrogen-bond donors (Lipinski definition) is 0. The van der Waals surface area contributed by atoms with E-state index in [2.05, 4.69) is 0 Å². The highest BCUT2D eigenvalue weighted by Crippen LogP contribution is 2.18. The highest BCUT2D eigenvalue weighted by atomic mass is 16.5. The summed E-state index contributed by atoms with van der Waals surface area (Å²) >= 11 is 0. The van der Waals surface area contributed by atoms with Crippen molar-refractivity contribution in [1.29, 1.82) is 0 Å². The van der Waals surface area contributed by atoms with E-state index in [0.29, 0.717) is 39.4 Å². The maximum absolute atomic E-state index is 12.6. The minimum Gasteiger partial charge on any atom is -0.494 e. The number of amides is 1. The van der Waals surface area contributed by atoms with Crippen LogP contribution >= 0.6 is 0 Å². The van der Waals surface area contributed by atoms with Crippen LogP contribution in [0.4, 0.5) is 0 Å². The summed E-state index contributed by atoms with van der Waals surface area (Å²) in [5.74, 6) is 0.539. The van der Waals surface area contributed by atoms with Gasteiger partial charge in [-0.15, -0.1) is 0 Å². The van der Waals surface area contributed by atoms with Crippen molar-refractivity contribution >= 4 is 11.9 Å². The normalized spacial score (nSPS) is 17.2. The lowest BCUT2D eigenvalue weighted by Crippen LogP contribution is -2.46. The minimum atomic E-state index is -0.191. The summed E-state index contributed by atoms with van der Waals surface area (Å²) < 4.78 is 10.5. The number of likely N-dealkylation sites (N-methyl/N-ethyl adjacent to an activating group) is 1. The van der Waals surface area contributed by atoms with Crippen LogP contribution in [0, 0.1) is 5.92 Å². The molecule has 1 amide bonds. The van der Waals surface area contributed by atoms with E-state index >= 15 is 0 Å². The molecule has 0 saturated carbocycles. The second kappa shape index (κ2) is 10.2. The Morgan fingerprint density at radius 3 is 2.58 bits per heavy atom. The van der Waals surface area contributed by atoms with E-state index in [9.17, 15) is 9.59 Å². The first kappa shape index (κ1) is 20.2. The summed E-state index contributed by atoms with van der Waals surface area (Å²) in [6.07, 6.45) is 1.64. The molecule has 0 bridgehead atoms. The summed E-state index contributed by atoms with van der Waals surface area (Å²) in [5, 5.41) is 0. The van der Waals surface area contributed by atoms with E-state index in [4.69, 9.17) is 9.47 Å². The van der Waals surface area contributed by atoms with Crippen molar-refractivity contribution in [1.82, 2.24) is 9.80 Å². The molecule has 1 heterocycles. The first-order valence-electron chi connectivity index (χ1n) is 9.38. The van der Waals surface area contributed by atoms with Gasteiger partial charge in [-0.25, -0.2) is 0 Å². The fourth-order valence-corrected chi connectivity index (χ4v) is 3.21. The first-order valence-corrected chi connectivity index (χ1v) is 9.38. The Morgan fingerprint density at radius 2 is 1.92 bits per heavy atom. The zero-order valence-electron chi connectivity index (χ0n) is 16.1. The number of hydrogen-bond acceptors (Lipinski definition) is 5. The van der Waals surface area contributed by atoms with Gasteiger partial charge in [0.1, 0.15) is 5.75 Å². The number of benzene rings is 1. The zero-order chi connectivity index (χ0) is 18.9. The Labute approximate surface area is 156 Å². The van der Waals surface area contributed by atoms with Crippen molar-refractivity contribution in [3.8, 4) is 5.75 Å². The Kier molecular flexibility index (Phi) is 7.91. The lowest BCUT2D eigenvalue weighted by atomic mass is 9.98. The molecule has 1 unspecified atom stereocenters. The molecule has 0 aliphatic carbocycles. The lowest BCUT2D eigenvalue weighted by Gasteiger charge is -2.32. The zero-order valence-corrected chi connectivity index (χ0v) is 16.1. The second-order valence-corrected chi connectivity index (χ2v) is 6.68. The lowest BCUT2D eigenvalue weighted by molar-refractivity contribution is -0.151. The predicted molar refractivity (Wildman–Crippen MR) is 99.9 cm³/mol. The van der Waals surface area contributed by atoms with Gasteiger partial charge in [0.2, 0.25) is 5.91 Å². The number of carbonyl (C=O) groups is 2. The predicted octanol–water partition coefficient (Wildman–Crippen LogP) is 2.32. The Bertz CT molecular complexity index is 588.